The second-order valence-electron chi connectivity index (χ2n) is 9.60. The van der Waals surface area contributed by atoms with Crippen LogP contribution in [0, 0.1) is 0 Å². The van der Waals surface area contributed by atoms with Crippen molar-refractivity contribution in [2.75, 3.05) is 13.1 Å². The van der Waals surface area contributed by atoms with E-state index < -0.39 is 46.3 Å². The number of likely N-dealkylation sites (tertiary alicyclic amines) is 1. The highest BCUT2D eigenvalue weighted by Gasteiger charge is 2.50. The molecule has 48 heavy (non-hydrogen) atoms. The van der Waals surface area contributed by atoms with Crippen LogP contribution in [0.3, 0.4) is 0 Å². The Morgan fingerprint density at radius 2 is 1.23 bits per heavy atom. The number of aliphatic carboxylic acids is 3. The maximum Gasteiger partial charge on any atom is 0.490 e. The summed E-state index contributed by atoms with van der Waals surface area (Å²) < 4.78 is 121. The van der Waals surface area contributed by atoms with Crippen LogP contribution >= 0.6 is 0 Å². The van der Waals surface area contributed by atoms with Crippen molar-refractivity contribution < 1.29 is 77.6 Å². The fourth-order valence-corrected chi connectivity index (χ4v) is 6.49. The molecule has 21 heteroatoms. The quantitative estimate of drug-likeness (QED) is 0.317. The number of hydrogen-bond acceptors (Lipinski definition) is 8. The SMILES string of the molecule is O=C(O)C(F)(F)F.O=C(O)C(F)(F)F.O=C(O)C(F)(F)F.O=S1(=O)c2ccc(-c3ccncc3)cc2C2CN(Cc3ccccn3)CC21. The van der Waals surface area contributed by atoms with Crippen molar-refractivity contribution in [2.45, 2.75) is 41.1 Å². The van der Waals surface area contributed by atoms with E-state index in [-0.39, 0.29) is 11.2 Å². The average molecular weight is 720 g/mol. The number of alkyl halides is 9. The van der Waals surface area contributed by atoms with Crippen molar-refractivity contribution in [3.8, 4) is 11.1 Å². The van der Waals surface area contributed by atoms with E-state index in [4.69, 9.17) is 29.7 Å². The number of pyridine rings is 2. The van der Waals surface area contributed by atoms with E-state index in [2.05, 4.69) is 20.9 Å². The predicted molar refractivity (Wildman–Crippen MR) is 144 cm³/mol. The Morgan fingerprint density at radius 3 is 1.67 bits per heavy atom. The molecule has 1 aromatic carbocycles. The Labute approximate surface area is 264 Å². The zero-order valence-corrected chi connectivity index (χ0v) is 24.5. The number of carboxylic acid groups (broad SMARTS) is 3. The van der Waals surface area contributed by atoms with Crippen LogP contribution < -0.4 is 0 Å². The van der Waals surface area contributed by atoms with Gasteiger partial charge in [-0.05, 0) is 53.1 Å². The van der Waals surface area contributed by atoms with Gasteiger partial charge in [-0.3, -0.25) is 14.9 Å². The van der Waals surface area contributed by atoms with Gasteiger partial charge in [-0.2, -0.15) is 39.5 Å². The minimum absolute atomic E-state index is 0.0236. The smallest absolute Gasteiger partial charge is 0.475 e. The molecule has 2 aliphatic rings. The van der Waals surface area contributed by atoms with Gasteiger partial charge in [0.1, 0.15) is 0 Å². The minimum atomic E-state index is -5.08. The molecular formula is C27H22F9N3O8S. The number of rotatable bonds is 3. The molecule has 2 aliphatic heterocycles. The Kier molecular flexibility index (Phi) is 12.6. The number of sulfone groups is 1. The third-order valence-corrected chi connectivity index (χ3v) is 8.57. The number of carbonyl (C=O) groups is 3. The van der Waals surface area contributed by atoms with E-state index in [0.717, 1.165) is 28.9 Å². The van der Waals surface area contributed by atoms with E-state index in [0.29, 0.717) is 18.0 Å². The Bertz CT molecular complexity index is 1630. The fourth-order valence-electron chi connectivity index (χ4n) is 4.30. The molecule has 0 amide bonds. The summed E-state index contributed by atoms with van der Waals surface area (Å²) in [6.07, 6.45) is -9.96. The van der Waals surface area contributed by atoms with Crippen molar-refractivity contribution in [3.63, 3.8) is 0 Å². The van der Waals surface area contributed by atoms with Gasteiger partial charge >= 0.3 is 36.4 Å². The molecular weight excluding hydrogens is 697 g/mol. The molecule has 1 fully saturated rings. The Morgan fingerprint density at radius 1 is 0.729 bits per heavy atom. The number of aromatic nitrogens is 2. The van der Waals surface area contributed by atoms with Gasteiger partial charge in [0.05, 0.1) is 15.8 Å². The van der Waals surface area contributed by atoms with Crippen molar-refractivity contribution in [1.82, 2.24) is 14.9 Å². The van der Waals surface area contributed by atoms with Crippen LogP contribution in [0.15, 0.2) is 72.0 Å². The lowest BCUT2D eigenvalue weighted by molar-refractivity contribution is -0.193. The van der Waals surface area contributed by atoms with Crippen LogP contribution in [0.25, 0.3) is 11.1 Å². The fraction of sp³-hybridized carbons (Fsp3) is 0.296. The Hall–Kier alpha value is -4.79. The topological polar surface area (TPSA) is 175 Å². The van der Waals surface area contributed by atoms with Gasteiger partial charge in [0.25, 0.3) is 0 Å². The van der Waals surface area contributed by atoms with Crippen LogP contribution in [0.5, 0.6) is 0 Å². The number of hydrogen-bond donors (Lipinski definition) is 3. The van der Waals surface area contributed by atoms with E-state index in [1.54, 1.807) is 24.7 Å². The first kappa shape index (κ1) is 39.4. The van der Waals surface area contributed by atoms with E-state index in [1.165, 1.54) is 0 Å². The summed E-state index contributed by atoms with van der Waals surface area (Å²) in [5.74, 6) is -8.25. The third kappa shape index (κ3) is 10.9. The van der Waals surface area contributed by atoms with Crippen LogP contribution in [-0.2, 0) is 30.8 Å². The van der Waals surface area contributed by atoms with Gasteiger partial charge in [-0.15, -0.1) is 0 Å². The standard InChI is InChI=1S/C21H19N3O2S.3C2HF3O2/c25-27(26)20-5-4-16(15-6-9-22-10-7-15)11-18(20)19-13-24(14-21(19)27)12-17-3-1-2-8-23-17;3*3-2(4,5)1(6)7/h1-11,19,21H,12-14H2;3*(H,6,7). The van der Waals surface area contributed by atoms with E-state index in [1.807, 2.05) is 36.4 Å². The van der Waals surface area contributed by atoms with Crippen molar-refractivity contribution in [3.05, 3.63) is 78.4 Å². The molecule has 3 aromatic rings. The molecule has 3 N–H and O–H groups in total. The zero-order chi connectivity index (χ0) is 36.7. The molecule has 1 saturated heterocycles. The summed E-state index contributed by atoms with van der Waals surface area (Å²) in [4.78, 5) is 37.8. The molecule has 0 spiro atoms. The lowest BCUT2D eigenvalue weighted by Crippen LogP contribution is -2.26. The van der Waals surface area contributed by atoms with Crippen molar-refractivity contribution in [1.29, 1.82) is 0 Å². The molecule has 5 rings (SSSR count). The molecule has 2 aromatic heterocycles. The van der Waals surface area contributed by atoms with Crippen molar-refractivity contribution >= 4 is 27.7 Å². The molecule has 0 radical (unpaired) electrons. The summed E-state index contributed by atoms with van der Waals surface area (Å²) in [6.45, 7) is 1.98. The third-order valence-electron chi connectivity index (χ3n) is 6.31. The van der Waals surface area contributed by atoms with E-state index in [9.17, 15) is 47.9 Å². The first-order chi connectivity index (χ1) is 22.0. The van der Waals surface area contributed by atoms with Gasteiger partial charge < -0.3 is 15.3 Å². The highest BCUT2D eigenvalue weighted by atomic mass is 32.2. The highest BCUT2D eigenvalue weighted by molar-refractivity contribution is 7.92. The summed E-state index contributed by atoms with van der Waals surface area (Å²) >= 11 is 0. The maximum atomic E-state index is 13.1. The first-order valence-electron chi connectivity index (χ1n) is 12.8. The van der Waals surface area contributed by atoms with Crippen LogP contribution in [-0.4, -0.2) is 93.4 Å². The molecule has 262 valence electrons. The second kappa shape index (κ2) is 15.4. The second-order valence-corrected chi connectivity index (χ2v) is 11.7. The van der Waals surface area contributed by atoms with Crippen LogP contribution in [0.2, 0.25) is 0 Å². The predicted octanol–water partition coefficient (Wildman–Crippen LogP) is 4.80. The molecule has 2 atom stereocenters. The number of carboxylic acids is 3. The normalized spacial score (nSPS) is 17.9. The number of benzene rings is 1. The molecule has 4 heterocycles. The monoisotopic (exact) mass is 719 g/mol. The molecule has 0 aliphatic carbocycles. The number of nitrogens with zero attached hydrogens (tertiary/aromatic N) is 3. The Balaban J connectivity index is 0.000000313. The number of halogens is 9. The van der Waals surface area contributed by atoms with Gasteiger partial charge in [0.15, 0.2) is 9.84 Å². The van der Waals surface area contributed by atoms with Gasteiger partial charge in [0.2, 0.25) is 0 Å². The van der Waals surface area contributed by atoms with Crippen molar-refractivity contribution in [2.24, 2.45) is 0 Å². The van der Waals surface area contributed by atoms with Gasteiger partial charge in [0, 0.05) is 44.1 Å². The summed E-state index contributed by atoms with van der Waals surface area (Å²) in [6, 6.07) is 15.5. The highest BCUT2D eigenvalue weighted by Crippen LogP contribution is 2.46. The van der Waals surface area contributed by atoms with Crippen LogP contribution in [0.4, 0.5) is 39.5 Å². The van der Waals surface area contributed by atoms with E-state index >= 15 is 0 Å². The lowest BCUT2D eigenvalue weighted by Gasteiger charge is -2.17. The average Bonchev–Trinajstić information content (AvgIpc) is 3.49. The van der Waals surface area contributed by atoms with Crippen LogP contribution in [0.1, 0.15) is 17.2 Å². The molecule has 0 saturated carbocycles. The van der Waals surface area contributed by atoms with Gasteiger partial charge in [-0.25, -0.2) is 22.8 Å². The maximum absolute atomic E-state index is 13.1. The zero-order valence-electron chi connectivity index (χ0n) is 23.7. The molecule has 11 nitrogen and oxygen atoms in total. The largest absolute Gasteiger partial charge is 0.490 e. The van der Waals surface area contributed by atoms with Gasteiger partial charge in [-0.1, -0.05) is 12.1 Å². The summed E-state index contributed by atoms with van der Waals surface area (Å²) in [7, 11) is -3.28. The first-order valence-corrected chi connectivity index (χ1v) is 14.3. The lowest BCUT2D eigenvalue weighted by atomic mass is 9.95. The molecule has 2 unspecified atom stereocenters. The summed E-state index contributed by atoms with van der Waals surface area (Å²) in [5.41, 5.74) is 4.02. The molecule has 0 bridgehead atoms. The number of fused-ring (bicyclic) bond motifs is 3. The summed E-state index contributed by atoms with van der Waals surface area (Å²) in [5, 5.41) is 21.0. The minimum Gasteiger partial charge on any atom is -0.475 e.